The summed E-state index contributed by atoms with van der Waals surface area (Å²) < 4.78 is 0. The molecule has 1 aromatic carbocycles. The molecule has 0 unspecified atom stereocenters. The molecule has 0 saturated carbocycles. The molecule has 0 aliphatic heterocycles. The van der Waals surface area contributed by atoms with Crippen molar-refractivity contribution in [3.8, 4) is 11.4 Å². The van der Waals surface area contributed by atoms with Gasteiger partial charge in [-0.05, 0) is 37.3 Å². The van der Waals surface area contributed by atoms with Gasteiger partial charge in [-0.3, -0.25) is 9.89 Å². The molecule has 0 aliphatic carbocycles. The molecule has 0 fully saturated rings. The molecule has 20 heavy (non-hydrogen) atoms. The molecule has 0 spiro atoms. The van der Waals surface area contributed by atoms with Gasteiger partial charge in [0.05, 0.1) is 5.69 Å². The van der Waals surface area contributed by atoms with E-state index in [9.17, 15) is 4.79 Å². The van der Waals surface area contributed by atoms with Crippen molar-refractivity contribution in [1.29, 1.82) is 0 Å². The number of aromatic amines is 2. The van der Waals surface area contributed by atoms with Gasteiger partial charge in [-0.25, -0.2) is 0 Å². The largest absolute Gasteiger partial charge is 0.360 e. The summed E-state index contributed by atoms with van der Waals surface area (Å²) in [7, 11) is 0. The lowest BCUT2D eigenvalue weighted by molar-refractivity contribution is 0.102. The molecule has 0 bridgehead atoms. The van der Waals surface area contributed by atoms with E-state index in [1.54, 1.807) is 6.07 Å². The maximum Gasteiger partial charge on any atom is 0.273 e. The molecule has 0 atom stereocenters. The molecule has 2 heterocycles. The van der Waals surface area contributed by atoms with Gasteiger partial charge in [0.25, 0.3) is 5.91 Å². The van der Waals surface area contributed by atoms with Crippen LogP contribution in [-0.2, 0) is 0 Å². The summed E-state index contributed by atoms with van der Waals surface area (Å²) in [6.45, 7) is 2.00. The smallest absolute Gasteiger partial charge is 0.273 e. The van der Waals surface area contributed by atoms with Crippen LogP contribution in [0.1, 0.15) is 16.1 Å². The zero-order valence-corrected chi connectivity index (χ0v) is 11.0. The van der Waals surface area contributed by atoms with Crippen LogP contribution in [0, 0.1) is 6.92 Å². The summed E-state index contributed by atoms with van der Waals surface area (Å²) in [4.78, 5) is 15.1. The number of hydrogen-bond acceptors (Lipinski definition) is 2. The fourth-order valence-electron chi connectivity index (χ4n) is 1.90. The highest BCUT2D eigenvalue weighted by Crippen LogP contribution is 2.16. The number of nitrogens with one attached hydrogen (secondary N) is 3. The normalized spacial score (nSPS) is 10.4. The number of aromatic nitrogens is 3. The van der Waals surface area contributed by atoms with Crippen LogP contribution in [0.2, 0.25) is 0 Å². The van der Waals surface area contributed by atoms with Crippen molar-refractivity contribution in [2.75, 3.05) is 5.32 Å². The van der Waals surface area contributed by atoms with Gasteiger partial charge in [0, 0.05) is 11.9 Å². The molecule has 0 saturated heterocycles. The van der Waals surface area contributed by atoms with E-state index in [1.807, 2.05) is 49.5 Å². The fourth-order valence-corrected chi connectivity index (χ4v) is 1.90. The maximum atomic E-state index is 12.1. The first-order valence-electron chi connectivity index (χ1n) is 6.29. The minimum absolute atomic E-state index is 0.209. The maximum absolute atomic E-state index is 12.1. The number of aryl methyl sites for hydroxylation is 1. The third-order valence-electron chi connectivity index (χ3n) is 3.01. The minimum Gasteiger partial charge on any atom is -0.360 e. The van der Waals surface area contributed by atoms with Gasteiger partial charge in [0.2, 0.25) is 0 Å². The summed E-state index contributed by atoms with van der Waals surface area (Å²) in [6, 6.07) is 13.1. The Kier molecular flexibility index (Phi) is 3.09. The van der Waals surface area contributed by atoms with Gasteiger partial charge >= 0.3 is 0 Å². The van der Waals surface area contributed by atoms with Crippen LogP contribution >= 0.6 is 0 Å². The quantitative estimate of drug-likeness (QED) is 0.681. The van der Waals surface area contributed by atoms with Gasteiger partial charge in [0.1, 0.15) is 11.4 Å². The van der Waals surface area contributed by atoms with Gasteiger partial charge in [0.15, 0.2) is 0 Å². The van der Waals surface area contributed by atoms with Crippen molar-refractivity contribution in [2.24, 2.45) is 0 Å². The molecular weight excluding hydrogens is 252 g/mol. The van der Waals surface area contributed by atoms with Gasteiger partial charge < -0.3 is 10.3 Å². The third-order valence-corrected chi connectivity index (χ3v) is 3.01. The first kappa shape index (κ1) is 12.2. The zero-order valence-electron chi connectivity index (χ0n) is 11.0. The molecular formula is C15H14N4O. The second-order valence-electron chi connectivity index (χ2n) is 4.57. The monoisotopic (exact) mass is 266 g/mol. The number of nitrogens with zero attached hydrogens (tertiary/aromatic N) is 1. The van der Waals surface area contributed by atoms with Crippen LogP contribution in [0.25, 0.3) is 11.4 Å². The highest BCUT2D eigenvalue weighted by atomic mass is 16.1. The van der Waals surface area contributed by atoms with Crippen molar-refractivity contribution >= 4 is 11.6 Å². The summed E-state index contributed by atoms with van der Waals surface area (Å²) in [5.41, 5.74) is 3.92. The molecule has 100 valence electrons. The van der Waals surface area contributed by atoms with Gasteiger partial charge in [-0.1, -0.05) is 17.7 Å². The Hall–Kier alpha value is -2.82. The average Bonchev–Trinajstić information content (AvgIpc) is 3.11. The second kappa shape index (κ2) is 5.05. The zero-order chi connectivity index (χ0) is 13.9. The lowest BCUT2D eigenvalue weighted by Gasteiger charge is -2.03. The summed E-state index contributed by atoms with van der Waals surface area (Å²) in [5, 5.41) is 9.69. The standard InChI is InChI=1S/C15H14N4O/c1-10-4-6-11(7-5-10)17-15(20)14-9-13(18-19-14)12-3-2-8-16-12/h2-9,16H,1H3,(H,17,20)(H,18,19). The van der Waals surface area contributed by atoms with Crippen molar-refractivity contribution in [3.05, 3.63) is 59.9 Å². The molecule has 2 aromatic heterocycles. The Labute approximate surface area is 116 Å². The Balaban J connectivity index is 1.76. The van der Waals surface area contributed by atoms with Crippen LogP contribution in [0.4, 0.5) is 5.69 Å². The number of H-pyrrole nitrogens is 2. The number of carbonyl (C=O) groups is 1. The third kappa shape index (κ3) is 2.47. The fraction of sp³-hybridized carbons (Fsp3) is 0.0667. The predicted octanol–water partition coefficient (Wildman–Crippen LogP) is 2.97. The van der Waals surface area contributed by atoms with E-state index in [2.05, 4.69) is 20.5 Å². The number of hydrogen-bond donors (Lipinski definition) is 3. The van der Waals surface area contributed by atoms with E-state index in [0.717, 1.165) is 16.9 Å². The number of amides is 1. The Bertz CT molecular complexity index is 711. The van der Waals surface area contributed by atoms with E-state index in [0.29, 0.717) is 11.4 Å². The van der Waals surface area contributed by atoms with Gasteiger partial charge in [-0.15, -0.1) is 0 Å². The van der Waals surface area contributed by atoms with E-state index in [4.69, 9.17) is 0 Å². The van der Waals surface area contributed by atoms with Crippen molar-refractivity contribution in [2.45, 2.75) is 6.92 Å². The lowest BCUT2D eigenvalue weighted by atomic mass is 10.2. The number of carbonyl (C=O) groups excluding carboxylic acids is 1. The molecule has 5 nitrogen and oxygen atoms in total. The van der Waals surface area contributed by atoms with Crippen LogP contribution in [0.15, 0.2) is 48.7 Å². The minimum atomic E-state index is -0.209. The summed E-state index contributed by atoms with van der Waals surface area (Å²) in [5.74, 6) is -0.209. The molecule has 3 rings (SSSR count). The molecule has 3 aromatic rings. The Morgan fingerprint density at radius 1 is 1.20 bits per heavy atom. The van der Waals surface area contributed by atoms with E-state index < -0.39 is 0 Å². The van der Waals surface area contributed by atoms with Crippen molar-refractivity contribution < 1.29 is 4.79 Å². The van der Waals surface area contributed by atoms with Crippen LogP contribution in [0.5, 0.6) is 0 Å². The predicted molar refractivity (Wildman–Crippen MR) is 77.5 cm³/mol. The highest BCUT2D eigenvalue weighted by Gasteiger charge is 2.11. The van der Waals surface area contributed by atoms with E-state index in [-0.39, 0.29) is 5.91 Å². The van der Waals surface area contributed by atoms with Crippen LogP contribution in [-0.4, -0.2) is 21.1 Å². The first-order valence-corrected chi connectivity index (χ1v) is 6.29. The van der Waals surface area contributed by atoms with E-state index >= 15 is 0 Å². The second-order valence-corrected chi connectivity index (χ2v) is 4.57. The first-order chi connectivity index (χ1) is 9.72. The SMILES string of the molecule is Cc1ccc(NC(=O)c2cc(-c3ccc[nH]3)n[nH]2)cc1. The number of rotatable bonds is 3. The summed E-state index contributed by atoms with van der Waals surface area (Å²) >= 11 is 0. The van der Waals surface area contributed by atoms with E-state index in [1.165, 1.54) is 0 Å². The number of anilines is 1. The summed E-state index contributed by atoms with van der Waals surface area (Å²) in [6.07, 6.45) is 1.82. The Morgan fingerprint density at radius 3 is 2.70 bits per heavy atom. The Morgan fingerprint density at radius 2 is 2.00 bits per heavy atom. The van der Waals surface area contributed by atoms with Crippen LogP contribution in [0.3, 0.4) is 0 Å². The lowest BCUT2D eigenvalue weighted by Crippen LogP contribution is -2.12. The van der Waals surface area contributed by atoms with Crippen molar-refractivity contribution in [1.82, 2.24) is 15.2 Å². The molecule has 0 aliphatic rings. The highest BCUT2D eigenvalue weighted by molar-refractivity contribution is 6.03. The van der Waals surface area contributed by atoms with Crippen molar-refractivity contribution in [3.63, 3.8) is 0 Å². The molecule has 1 amide bonds. The average molecular weight is 266 g/mol. The topological polar surface area (TPSA) is 73.6 Å². The number of benzene rings is 1. The molecule has 5 heteroatoms. The molecule has 3 N–H and O–H groups in total. The van der Waals surface area contributed by atoms with Gasteiger partial charge in [-0.2, -0.15) is 5.10 Å². The molecule has 0 radical (unpaired) electrons. The van der Waals surface area contributed by atoms with Crippen LogP contribution < -0.4 is 5.32 Å².